The number of phosphoric ester groups is 1. The highest BCUT2D eigenvalue weighted by molar-refractivity contribution is 7.47. The topological polar surface area (TPSA) is 134 Å². The van der Waals surface area contributed by atoms with Gasteiger partial charge in [0.25, 0.3) is 0 Å². The van der Waals surface area contributed by atoms with E-state index >= 15 is 0 Å². The number of unbranched alkanes of at least 4 members (excludes halogenated alkanes) is 49. The molecule has 0 spiro atoms. The van der Waals surface area contributed by atoms with Crippen molar-refractivity contribution in [2.24, 2.45) is 5.73 Å². The zero-order valence-electron chi connectivity index (χ0n) is 61.2. The van der Waals surface area contributed by atoms with E-state index in [0.29, 0.717) is 6.42 Å². The first-order valence-corrected chi connectivity index (χ1v) is 41.6. The van der Waals surface area contributed by atoms with Crippen LogP contribution in [0.1, 0.15) is 399 Å². The fourth-order valence-electron chi connectivity index (χ4n) is 11.9. The molecule has 0 amide bonds. The number of esters is 2. The summed E-state index contributed by atoms with van der Waals surface area (Å²) in [5.74, 6) is -0.806. The third-order valence-electron chi connectivity index (χ3n) is 17.8. The molecule has 0 bridgehead atoms. The van der Waals surface area contributed by atoms with Crippen LogP contribution in [0, 0.1) is 0 Å². The molecule has 0 aromatic rings. The number of allylic oxidation sites excluding steroid dienone is 14. The van der Waals surface area contributed by atoms with Crippen molar-refractivity contribution in [2.45, 2.75) is 405 Å². The molecular formula is C83H152NO8P. The maximum absolute atomic E-state index is 12.8. The molecule has 93 heavy (non-hydrogen) atoms. The number of hydrogen-bond acceptors (Lipinski definition) is 8. The molecule has 2 unspecified atom stereocenters. The van der Waals surface area contributed by atoms with Gasteiger partial charge in [-0.2, -0.15) is 0 Å². The van der Waals surface area contributed by atoms with Gasteiger partial charge >= 0.3 is 19.8 Å². The predicted molar refractivity (Wildman–Crippen MR) is 404 cm³/mol. The number of ether oxygens (including phenoxy) is 2. The summed E-state index contributed by atoms with van der Waals surface area (Å²) >= 11 is 0. The Labute approximate surface area is 576 Å². The summed E-state index contributed by atoms with van der Waals surface area (Å²) < 4.78 is 33.3. The van der Waals surface area contributed by atoms with E-state index in [4.69, 9.17) is 24.3 Å². The van der Waals surface area contributed by atoms with Crippen LogP contribution >= 0.6 is 7.82 Å². The monoisotopic (exact) mass is 1320 g/mol. The smallest absolute Gasteiger partial charge is 0.462 e. The molecule has 0 heterocycles. The van der Waals surface area contributed by atoms with Gasteiger partial charge in [0.2, 0.25) is 0 Å². The van der Waals surface area contributed by atoms with Crippen molar-refractivity contribution in [3.63, 3.8) is 0 Å². The average Bonchev–Trinajstić information content (AvgIpc) is 3.04. The Balaban J connectivity index is 3.77. The largest absolute Gasteiger partial charge is 0.472 e. The maximum atomic E-state index is 12.8. The minimum absolute atomic E-state index is 0.0543. The average molecular weight is 1320 g/mol. The first-order chi connectivity index (χ1) is 45.8. The van der Waals surface area contributed by atoms with Crippen molar-refractivity contribution >= 4 is 19.8 Å². The van der Waals surface area contributed by atoms with Gasteiger partial charge in [0.15, 0.2) is 6.10 Å². The second-order valence-electron chi connectivity index (χ2n) is 26.9. The number of hydrogen-bond donors (Lipinski definition) is 2. The number of phosphoric acid groups is 1. The van der Waals surface area contributed by atoms with Gasteiger partial charge < -0.3 is 20.1 Å². The lowest BCUT2D eigenvalue weighted by molar-refractivity contribution is -0.161. The molecule has 0 aromatic carbocycles. The summed E-state index contributed by atoms with van der Waals surface area (Å²) in [6.45, 7) is 3.69. The second-order valence-corrected chi connectivity index (χ2v) is 28.4. The lowest BCUT2D eigenvalue weighted by Crippen LogP contribution is -2.29. The fraction of sp³-hybridized carbons (Fsp3) is 0.807. The summed E-state index contributed by atoms with van der Waals surface area (Å²) in [6, 6.07) is 0. The molecule has 3 N–H and O–H groups in total. The first-order valence-electron chi connectivity index (χ1n) is 40.1. The highest BCUT2D eigenvalue weighted by atomic mass is 31.2. The van der Waals surface area contributed by atoms with Crippen LogP contribution in [0.4, 0.5) is 0 Å². The third-order valence-corrected chi connectivity index (χ3v) is 18.7. The number of carbonyl (C=O) groups excluding carboxylic acids is 2. The molecule has 0 aliphatic carbocycles. The number of rotatable bonds is 76. The van der Waals surface area contributed by atoms with Crippen LogP contribution < -0.4 is 5.73 Å². The second kappa shape index (κ2) is 78.2. The van der Waals surface area contributed by atoms with Gasteiger partial charge in [-0.05, 0) is 89.9 Å². The van der Waals surface area contributed by atoms with Crippen molar-refractivity contribution in [2.75, 3.05) is 26.4 Å². The van der Waals surface area contributed by atoms with E-state index in [1.54, 1.807) is 0 Å². The van der Waals surface area contributed by atoms with Crippen LogP contribution in [0.25, 0.3) is 0 Å². The van der Waals surface area contributed by atoms with Crippen molar-refractivity contribution in [1.82, 2.24) is 0 Å². The van der Waals surface area contributed by atoms with Crippen LogP contribution in [0.15, 0.2) is 85.1 Å². The molecule has 0 saturated carbocycles. The van der Waals surface area contributed by atoms with Gasteiger partial charge in [-0.25, -0.2) is 4.57 Å². The van der Waals surface area contributed by atoms with Crippen LogP contribution in [-0.2, 0) is 32.7 Å². The zero-order chi connectivity index (χ0) is 67.2. The van der Waals surface area contributed by atoms with Crippen LogP contribution in [-0.4, -0.2) is 49.3 Å². The van der Waals surface area contributed by atoms with E-state index in [9.17, 15) is 19.0 Å². The molecule has 0 saturated heterocycles. The summed E-state index contributed by atoms with van der Waals surface area (Å²) in [5, 5.41) is 0. The molecule has 0 aliphatic rings. The normalized spacial score (nSPS) is 13.3. The van der Waals surface area contributed by atoms with Crippen molar-refractivity contribution < 1.29 is 37.6 Å². The molecule has 0 rings (SSSR count). The SMILES string of the molecule is CC/C=C\C/C=C\C/C=C\C/C=C\C/C=C\CCCCCCCCCCCCCCCCCCCCCCCC(=O)OC(COC(=O)CCCCCCCCCCCCCCCCCCCCCCCCC/C=C\C/C=C\CCCCCCC)COP(=O)(O)OCCN. The molecule has 542 valence electrons. The lowest BCUT2D eigenvalue weighted by Gasteiger charge is -2.19. The van der Waals surface area contributed by atoms with Crippen LogP contribution in [0.2, 0.25) is 0 Å². The fourth-order valence-corrected chi connectivity index (χ4v) is 12.6. The van der Waals surface area contributed by atoms with Crippen LogP contribution in [0.3, 0.4) is 0 Å². The molecule has 0 radical (unpaired) electrons. The van der Waals surface area contributed by atoms with Gasteiger partial charge in [-0.3, -0.25) is 18.6 Å². The Morgan fingerprint density at radius 3 is 0.882 bits per heavy atom. The van der Waals surface area contributed by atoms with Gasteiger partial charge in [0, 0.05) is 19.4 Å². The minimum atomic E-state index is -4.40. The summed E-state index contributed by atoms with van der Waals surface area (Å²) in [7, 11) is -4.40. The number of carbonyl (C=O) groups is 2. The molecule has 2 atom stereocenters. The van der Waals surface area contributed by atoms with Crippen LogP contribution in [0.5, 0.6) is 0 Å². The highest BCUT2D eigenvalue weighted by Crippen LogP contribution is 2.43. The molecule has 0 aliphatic heterocycles. The van der Waals surface area contributed by atoms with E-state index < -0.39 is 26.5 Å². The summed E-state index contributed by atoms with van der Waals surface area (Å²) in [5.41, 5.74) is 5.42. The standard InChI is InChI=1S/C83H152NO8P/c1-3-5-7-9-11-13-15-17-19-21-23-25-27-29-31-33-35-37-39-40-42-44-46-48-50-52-54-56-58-60-62-64-66-68-70-72-74-76-83(86)92-81(80-91-93(87,88)90-78-77-84)79-89-82(85)75-73-71-69-67-65-63-61-59-57-55-53-51-49-47-45-43-41-38-36-34-32-30-28-26-24-22-20-18-16-14-12-10-8-6-4-2/h5,7,11,13,16-19,22-25,29,31,81H,3-4,6,8-10,12,14-15,20-21,26-28,30,32-80,84H2,1-2H3,(H,87,88)/b7-5-,13-11-,18-16-,19-17-,24-22-,25-23-,31-29-. The van der Waals surface area contributed by atoms with Gasteiger partial charge in [0.05, 0.1) is 13.2 Å². The van der Waals surface area contributed by atoms with Crippen molar-refractivity contribution in [3.8, 4) is 0 Å². The molecular weight excluding hydrogens is 1170 g/mol. The quantitative estimate of drug-likeness (QED) is 0.0264. The van der Waals surface area contributed by atoms with Gasteiger partial charge in [-0.15, -0.1) is 0 Å². The Kier molecular flexibility index (Phi) is 75.8. The Morgan fingerprint density at radius 1 is 0.333 bits per heavy atom. The van der Waals surface area contributed by atoms with Crippen molar-refractivity contribution in [3.05, 3.63) is 85.1 Å². The molecule has 0 aromatic heterocycles. The van der Waals surface area contributed by atoms with Gasteiger partial charge in [-0.1, -0.05) is 381 Å². The zero-order valence-corrected chi connectivity index (χ0v) is 62.1. The van der Waals surface area contributed by atoms with E-state index in [1.165, 1.54) is 295 Å². The molecule has 9 nitrogen and oxygen atoms in total. The lowest BCUT2D eigenvalue weighted by atomic mass is 10.0. The highest BCUT2D eigenvalue weighted by Gasteiger charge is 2.26. The van der Waals surface area contributed by atoms with Gasteiger partial charge in [0.1, 0.15) is 6.61 Å². The maximum Gasteiger partial charge on any atom is 0.472 e. The minimum Gasteiger partial charge on any atom is -0.462 e. The predicted octanol–water partition coefficient (Wildman–Crippen LogP) is 26.9. The summed E-state index contributed by atoms with van der Waals surface area (Å²) in [6.07, 6.45) is 106. The van der Waals surface area contributed by atoms with E-state index in [0.717, 1.165) is 70.6 Å². The first kappa shape index (κ1) is 90.2. The van der Waals surface area contributed by atoms with E-state index in [2.05, 4.69) is 98.9 Å². The Hall–Kier alpha value is -2.81. The van der Waals surface area contributed by atoms with Crippen molar-refractivity contribution in [1.29, 1.82) is 0 Å². The van der Waals surface area contributed by atoms with E-state index in [1.807, 2.05) is 0 Å². The molecule has 10 heteroatoms. The Morgan fingerprint density at radius 2 is 0.591 bits per heavy atom. The van der Waals surface area contributed by atoms with E-state index in [-0.39, 0.29) is 38.6 Å². The molecule has 0 fully saturated rings. The third kappa shape index (κ3) is 78.1. The summed E-state index contributed by atoms with van der Waals surface area (Å²) in [4.78, 5) is 35.5. The number of nitrogens with two attached hydrogens (primary N) is 1. The Bertz CT molecular complexity index is 1810.